The molecule has 1 aliphatic carbocycles. The van der Waals surface area contributed by atoms with Gasteiger partial charge < -0.3 is 9.84 Å². The minimum absolute atomic E-state index is 0.179. The zero-order chi connectivity index (χ0) is 12.3. The van der Waals surface area contributed by atoms with Gasteiger partial charge >= 0.3 is 0 Å². The van der Waals surface area contributed by atoms with Gasteiger partial charge in [0.2, 0.25) is 0 Å². The summed E-state index contributed by atoms with van der Waals surface area (Å²) in [4.78, 5) is 0. The lowest BCUT2D eigenvalue weighted by Gasteiger charge is -2.37. The molecule has 0 amide bonds. The van der Waals surface area contributed by atoms with E-state index in [0.717, 1.165) is 31.4 Å². The van der Waals surface area contributed by atoms with Gasteiger partial charge in [0, 0.05) is 5.92 Å². The molecule has 1 aliphatic rings. The van der Waals surface area contributed by atoms with Gasteiger partial charge in [-0.1, -0.05) is 38.3 Å². The van der Waals surface area contributed by atoms with Gasteiger partial charge in [0.25, 0.3) is 0 Å². The van der Waals surface area contributed by atoms with Crippen molar-refractivity contribution in [2.24, 2.45) is 0 Å². The molecule has 2 nitrogen and oxygen atoms in total. The molecule has 1 saturated carbocycles. The Morgan fingerprint density at radius 3 is 2.59 bits per heavy atom. The molecule has 0 heterocycles. The summed E-state index contributed by atoms with van der Waals surface area (Å²) >= 11 is 0. The summed E-state index contributed by atoms with van der Waals surface area (Å²) in [7, 11) is 1.68. The number of hydrogen-bond acceptors (Lipinski definition) is 2. The van der Waals surface area contributed by atoms with Crippen LogP contribution >= 0.6 is 0 Å². The fourth-order valence-electron chi connectivity index (χ4n) is 2.82. The summed E-state index contributed by atoms with van der Waals surface area (Å²) in [5, 5.41) is 10.7. The molecule has 1 unspecified atom stereocenters. The molecule has 1 N–H and O–H groups in total. The van der Waals surface area contributed by atoms with E-state index in [4.69, 9.17) is 4.74 Å². The van der Waals surface area contributed by atoms with Crippen molar-refractivity contribution in [1.29, 1.82) is 0 Å². The lowest BCUT2D eigenvalue weighted by Crippen LogP contribution is -2.37. The minimum Gasteiger partial charge on any atom is -0.497 e. The Morgan fingerprint density at radius 2 is 1.94 bits per heavy atom. The number of benzene rings is 1. The van der Waals surface area contributed by atoms with E-state index in [9.17, 15) is 5.11 Å². The van der Waals surface area contributed by atoms with Crippen LogP contribution in [0, 0.1) is 0 Å². The Kier molecular flexibility index (Phi) is 3.72. The minimum atomic E-state index is -0.523. The summed E-state index contributed by atoms with van der Waals surface area (Å²) in [6.45, 7) is 2.13. The number of aliphatic hydroxyl groups is 1. The maximum absolute atomic E-state index is 10.7. The van der Waals surface area contributed by atoms with Crippen molar-refractivity contribution in [3.63, 3.8) is 0 Å². The van der Waals surface area contributed by atoms with Gasteiger partial charge in [-0.05, 0) is 30.5 Å². The van der Waals surface area contributed by atoms with Crippen LogP contribution in [0.15, 0.2) is 24.3 Å². The van der Waals surface area contributed by atoms with E-state index in [1.165, 1.54) is 12.0 Å². The first-order valence-electron chi connectivity index (χ1n) is 6.52. The van der Waals surface area contributed by atoms with Gasteiger partial charge in [0.15, 0.2) is 0 Å². The van der Waals surface area contributed by atoms with Crippen molar-refractivity contribution in [3.05, 3.63) is 29.8 Å². The van der Waals surface area contributed by atoms with E-state index in [1.807, 2.05) is 18.2 Å². The van der Waals surface area contributed by atoms with Gasteiger partial charge in [-0.15, -0.1) is 0 Å². The third kappa shape index (κ3) is 2.63. The topological polar surface area (TPSA) is 29.5 Å². The molecular weight excluding hydrogens is 212 g/mol. The second-order valence-corrected chi connectivity index (χ2v) is 5.16. The van der Waals surface area contributed by atoms with Crippen molar-refractivity contribution < 1.29 is 9.84 Å². The largest absolute Gasteiger partial charge is 0.497 e. The quantitative estimate of drug-likeness (QED) is 0.867. The van der Waals surface area contributed by atoms with Crippen molar-refractivity contribution in [1.82, 2.24) is 0 Å². The Morgan fingerprint density at radius 1 is 1.24 bits per heavy atom. The van der Waals surface area contributed by atoms with Crippen LogP contribution in [-0.2, 0) is 0 Å². The van der Waals surface area contributed by atoms with Crippen molar-refractivity contribution in [2.45, 2.75) is 50.5 Å². The highest BCUT2D eigenvalue weighted by atomic mass is 16.5. The average molecular weight is 234 g/mol. The fourth-order valence-corrected chi connectivity index (χ4v) is 2.82. The molecule has 1 aromatic carbocycles. The molecule has 0 saturated heterocycles. The lowest BCUT2D eigenvalue weighted by atomic mass is 9.74. The van der Waals surface area contributed by atoms with E-state index < -0.39 is 5.60 Å². The van der Waals surface area contributed by atoms with Crippen LogP contribution in [0.4, 0.5) is 0 Å². The predicted molar refractivity (Wildman–Crippen MR) is 69.4 cm³/mol. The van der Waals surface area contributed by atoms with Crippen LogP contribution < -0.4 is 4.74 Å². The first-order valence-corrected chi connectivity index (χ1v) is 6.52. The van der Waals surface area contributed by atoms with Crippen molar-refractivity contribution in [2.75, 3.05) is 7.11 Å². The Hall–Kier alpha value is -1.02. The predicted octanol–water partition coefficient (Wildman–Crippen LogP) is 3.49. The number of hydrogen-bond donors (Lipinski definition) is 1. The summed E-state index contributed by atoms with van der Waals surface area (Å²) in [6.07, 6.45) is 5.39. The maximum atomic E-state index is 10.7. The van der Waals surface area contributed by atoms with Gasteiger partial charge in [-0.3, -0.25) is 0 Å². The molecule has 0 bridgehead atoms. The third-order valence-corrected chi connectivity index (χ3v) is 4.12. The van der Waals surface area contributed by atoms with Gasteiger partial charge in [-0.25, -0.2) is 0 Å². The van der Waals surface area contributed by atoms with Crippen molar-refractivity contribution in [3.8, 4) is 5.75 Å². The molecule has 0 aliphatic heterocycles. The van der Waals surface area contributed by atoms with Crippen LogP contribution in [-0.4, -0.2) is 17.8 Å². The normalized spacial score (nSPS) is 20.9. The average Bonchev–Trinajstić information content (AvgIpc) is 2.39. The van der Waals surface area contributed by atoms with E-state index in [-0.39, 0.29) is 5.92 Å². The van der Waals surface area contributed by atoms with Crippen LogP contribution in [0.1, 0.15) is 50.5 Å². The fraction of sp³-hybridized carbons (Fsp3) is 0.600. The summed E-state index contributed by atoms with van der Waals surface area (Å²) in [5.41, 5.74) is 0.652. The molecule has 94 valence electrons. The SMILES string of the molecule is COc1cccc(C(C)C2(O)CCCCC2)c1. The molecule has 1 aromatic rings. The standard InChI is InChI=1S/C15H22O2/c1-12(15(16)9-4-3-5-10-15)13-7-6-8-14(11-13)17-2/h6-8,11-12,16H,3-5,9-10H2,1-2H3. The molecule has 0 aromatic heterocycles. The number of methoxy groups -OCH3 is 1. The number of ether oxygens (including phenoxy) is 1. The van der Waals surface area contributed by atoms with Gasteiger partial charge in [0.1, 0.15) is 5.75 Å². The molecule has 2 rings (SSSR count). The molecular formula is C15H22O2. The zero-order valence-corrected chi connectivity index (χ0v) is 10.8. The molecule has 0 radical (unpaired) electrons. The van der Waals surface area contributed by atoms with E-state index in [2.05, 4.69) is 13.0 Å². The lowest BCUT2D eigenvalue weighted by molar-refractivity contribution is -0.0169. The maximum Gasteiger partial charge on any atom is 0.119 e. The Balaban J connectivity index is 2.19. The molecule has 0 spiro atoms. The molecule has 1 atom stereocenters. The first kappa shape index (κ1) is 12.4. The van der Waals surface area contributed by atoms with Crippen LogP contribution in [0.5, 0.6) is 5.75 Å². The Bertz CT molecular complexity index is 367. The highest BCUT2D eigenvalue weighted by molar-refractivity contribution is 5.32. The zero-order valence-electron chi connectivity index (χ0n) is 10.8. The molecule has 2 heteroatoms. The first-order chi connectivity index (χ1) is 8.15. The van der Waals surface area contributed by atoms with E-state index in [1.54, 1.807) is 7.11 Å². The van der Waals surface area contributed by atoms with E-state index in [0.29, 0.717) is 0 Å². The number of rotatable bonds is 3. The summed E-state index contributed by atoms with van der Waals surface area (Å²) in [6, 6.07) is 8.06. The second-order valence-electron chi connectivity index (χ2n) is 5.16. The molecule has 1 fully saturated rings. The highest BCUT2D eigenvalue weighted by Gasteiger charge is 2.35. The highest BCUT2D eigenvalue weighted by Crippen LogP contribution is 2.40. The van der Waals surface area contributed by atoms with Crippen LogP contribution in [0.2, 0.25) is 0 Å². The third-order valence-electron chi connectivity index (χ3n) is 4.12. The summed E-state index contributed by atoms with van der Waals surface area (Å²) in [5.74, 6) is 1.05. The van der Waals surface area contributed by atoms with Crippen molar-refractivity contribution >= 4 is 0 Å². The smallest absolute Gasteiger partial charge is 0.119 e. The van der Waals surface area contributed by atoms with Crippen LogP contribution in [0.3, 0.4) is 0 Å². The Labute approximate surface area is 104 Å². The molecule has 17 heavy (non-hydrogen) atoms. The van der Waals surface area contributed by atoms with E-state index >= 15 is 0 Å². The van der Waals surface area contributed by atoms with Gasteiger partial charge in [0.05, 0.1) is 12.7 Å². The monoisotopic (exact) mass is 234 g/mol. The van der Waals surface area contributed by atoms with Gasteiger partial charge in [-0.2, -0.15) is 0 Å². The summed E-state index contributed by atoms with van der Waals surface area (Å²) < 4.78 is 5.24. The van der Waals surface area contributed by atoms with Crippen LogP contribution in [0.25, 0.3) is 0 Å². The second kappa shape index (κ2) is 5.09.